The van der Waals surface area contributed by atoms with E-state index in [1.165, 1.54) is 0 Å². The zero-order valence-electron chi connectivity index (χ0n) is 8.44. The van der Waals surface area contributed by atoms with Crippen LogP contribution in [0.1, 0.15) is 12.0 Å². The summed E-state index contributed by atoms with van der Waals surface area (Å²) in [7, 11) is 0. The summed E-state index contributed by atoms with van der Waals surface area (Å²) in [6.07, 6.45) is -4.09. The van der Waals surface area contributed by atoms with Gasteiger partial charge in [-0.2, -0.15) is 13.2 Å². The maximum Gasteiger partial charge on any atom is 0.399 e. The first-order valence-electron chi connectivity index (χ1n) is 4.99. The van der Waals surface area contributed by atoms with Crippen molar-refractivity contribution in [1.82, 2.24) is 5.32 Å². The monoisotopic (exact) mass is 293 g/mol. The molecule has 5 heteroatoms. The normalized spacial score (nSPS) is 26.0. The number of hydrogen-bond acceptors (Lipinski definition) is 1. The van der Waals surface area contributed by atoms with Gasteiger partial charge in [0.1, 0.15) is 5.41 Å². The summed E-state index contributed by atoms with van der Waals surface area (Å²) >= 11 is 3.23. The SMILES string of the molecule is FC(F)(F)[C@]1(c2ccc(Br)cc2)CCNC1. The van der Waals surface area contributed by atoms with E-state index < -0.39 is 11.6 Å². The van der Waals surface area contributed by atoms with E-state index in [-0.39, 0.29) is 13.0 Å². The third-order valence-corrected chi connectivity index (χ3v) is 3.62. The van der Waals surface area contributed by atoms with Gasteiger partial charge < -0.3 is 5.32 Å². The lowest BCUT2D eigenvalue weighted by molar-refractivity contribution is -0.184. The first-order valence-corrected chi connectivity index (χ1v) is 5.78. The van der Waals surface area contributed by atoms with E-state index in [0.717, 1.165) is 4.47 Å². The molecule has 1 heterocycles. The van der Waals surface area contributed by atoms with Crippen molar-refractivity contribution in [3.8, 4) is 0 Å². The Morgan fingerprint density at radius 2 is 1.81 bits per heavy atom. The summed E-state index contributed by atoms with van der Waals surface area (Å²) in [6.45, 7) is 0.383. The average Bonchev–Trinajstić information content (AvgIpc) is 2.68. The molecule has 1 aromatic carbocycles. The van der Waals surface area contributed by atoms with Crippen molar-refractivity contribution in [2.45, 2.75) is 18.0 Å². The summed E-state index contributed by atoms with van der Waals surface area (Å²) in [6, 6.07) is 6.40. The summed E-state index contributed by atoms with van der Waals surface area (Å²) in [4.78, 5) is 0. The van der Waals surface area contributed by atoms with Crippen LogP contribution in [0.4, 0.5) is 13.2 Å². The fraction of sp³-hybridized carbons (Fsp3) is 0.455. The van der Waals surface area contributed by atoms with E-state index in [0.29, 0.717) is 12.1 Å². The highest BCUT2D eigenvalue weighted by Gasteiger charge is 2.56. The Balaban J connectivity index is 2.44. The van der Waals surface area contributed by atoms with Crippen LogP contribution in [0.2, 0.25) is 0 Å². The van der Waals surface area contributed by atoms with Gasteiger partial charge in [0.05, 0.1) is 0 Å². The van der Waals surface area contributed by atoms with E-state index in [1.54, 1.807) is 24.3 Å². The maximum absolute atomic E-state index is 13.2. The Bertz CT molecular complexity index is 366. The molecule has 0 spiro atoms. The smallest absolute Gasteiger partial charge is 0.315 e. The van der Waals surface area contributed by atoms with Crippen LogP contribution in [0, 0.1) is 0 Å². The predicted molar refractivity (Wildman–Crippen MR) is 59.4 cm³/mol. The second kappa shape index (κ2) is 4.04. The lowest BCUT2D eigenvalue weighted by Gasteiger charge is -2.31. The minimum Gasteiger partial charge on any atom is -0.315 e. The zero-order valence-corrected chi connectivity index (χ0v) is 10.0. The zero-order chi connectivity index (χ0) is 11.8. The number of alkyl halides is 3. The summed E-state index contributed by atoms with van der Waals surface area (Å²) in [5, 5.41) is 2.80. The molecule has 0 bridgehead atoms. The molecule has 1 aromatic rings. The van der Waals surface area contributed by atoms with Crippen molar-refractivity contribution in [1.29, 1.82) is 0 Å². The van der Waals surface area contributed by atoms with Crippen LogP contribution in [0.5, 0.6) is 0 Å². The average molecular weight is 294 g/mol. The lowest BCUT2D eigenvalue weighted by atomic mass is 9.79. The summed E-state index contributed by atoms with van der Waals surface area (Å²) < 4.78 is 40.2. The largest absolute Gasteiger partial charge is 0.399 e. The molecular formula is C11H11BrF3N. The van der Waals surface area contributed by atoms with Gasteiger partial charge in [-0.3, -0.25) is 0 Å². The highest BCUT2D eigenvalue weighted by molar-refractivity contribution is 9.10. The second-order valence-corrected chi connectivity index (χ2v) is 4.93. The number of hydrogen-bond donors (Lipinski definition) is 1. The van der Waals surface area contributed by atoms with E-state index in [2.05, 4.69) is 21.2 Å². The van der Waals surface area contributed by atoms with Gasteiger partial charge in [0, 0.05) is 11.0 Å². The van der Waals surface area contributed by atoms with Gasteiger partial charge in [0.15, 0.2) is 0 Å². The first kappa shape index (κ1) is 11.9. The second-order valence-electron chi connectivity index (χ2n) is 4.01. The van der Waals surface area contributed by atoms with Gasteiger partial charge in [-0.15, -0.1) is 0 Å². The third kappa shape index (κ3) is 1.86. The molecule has 1 nitrogen and oxygen atoms in total. The Kier molecular flexibility index (Phi) is 3.01. The van der Waals surface area contributed by atoms with Crippen LogP contribution in [0.25, 0.3) is 0 Å². The van der Waals surface area contributed by atoms with Crippen molar-refractivity contribution in [3.05, 3.63) is 34.3 Å². The Morgan fingerprint density at radius 1 is 1.19 bits per heavy atom. The standard InChI is InChI=1S/C11H11BrF3N/c12-9-3-1-8(2-4-9)10(11(13,14)15)5-6-16-7-10/h1-4,16H,5-7H2/t10-/m1/s1. The number of benzene rings is 1. The molecule has 1 saturated heterocycles. The van der Waals surface area contributed by atoms with Gasteiger partial charge in [-0.25, -0.2) is 0 Å². The quantitative estimate of drug-likeness (QED) is 0.838. The van der Waals surface area contributed by atoms with Gasteiger partial charge in [-0.1, -0.05) is 28.1 Å². The molecule has 1 atom stereocenters. The van der Waals surface area contributed by atoms with Crippen LogP contribution in [0.15, 0.2) is 28.7 Å². The molecule has 1 N–H and O–H groups in total. The maximum atomic E-state index is 13.2. The van der Waals surface area contributed by atoms with E-state index >= 15 is 0 Å². The molecule has 88 valence electrons. The molecule has 0 amide bonds. The number of halogens is 4. The molecule has 0 unspecified atom stereocenters. The number of rotatable bonds is 1. The van der Waals surface area contributed by atoms with Crippen LogP contribution in [-0.4, -0.2) is 19.3 Å². The van der Waals surface area contributed by atoms with Crippen LogP contribution < -0.4 is 5.32 Å². The van der Waals surface area contributed by atoms with Crippen molar-refractivity contribution < 1.29 is 13.2 Å². The number of nitrogens with one attached hydrogen (secondary N) is 1. The molecule has 0 saturated carbocycles. The molecule has 1 aliphatic heterocycles. The Morgan fingerprint density at radius 3 is 2.25 bits per heavy atom. The molecule has 0 radical (unpaired) electrons. The minimum atomic E-state index is -4.20. The van der Waals surface area contributed by atoms with E-state index in [1.807, 2.05) is 0 Å². The minimum absolute atomic E-state index is 0.0296. The van der Waals surface area contributed by atoms with Crippen LogP contribution >= 0.6 is 15.9 Å². The van der Waals surface area contributed by atoms with Crippen LogP contribution in [-0.2, 0) is 5.41 Å². The van der Waals surface area contributed by atoms with Gasteiger partial charge in [-0.05, 0) is 30.7 Å². The Labute approximate surface area is 100 Å². The van der Waals surface area contributed by atoms with E-state index in [9.17, 15) is 13.2 Å². The fourth-order valence-corrected chi connectivity index (χ4v) is 2.38. The summed E-state index contributed by atoms with van der Waals surface area (Å²) in [5.41, 5.74) is -1.37. The van der Waals surface area contributed by atoms with Gasteiger partial charge >= 0.3 is 6.18 Å². The van der Waals surface area contributed by atoms with Crippen molar-refractivity contribution >= 4 is 15.9 Å². The molecule has 0 aliphatic carbocycles. The van der Waals surface area contributed by atoms with E-state index in [4.69, 9.17) is 0 Å². The predicted octanol–water partition coefficient (Wildman–Crippen LogP) is 3.24. The molecular weight excluding hydrogens is 283 g/mol. The van der Waals surface area contributed by atoms with Crippen LogP contribution in [0.3, 0.4) is 0 Å². The van der Waals surface area contributed by atoms with Gasteiger partial charge in [0.2, 0.25) is 0 Å². The highest BCUT2D eigenvalue weighted by Crippen LogP contribution is 2.45. The topological polar surface area (TPSA) is 12.0 Å². The highest BCUT2D eigenvalue weighted by atomic mass is 79.9. The first-order chi connectivity index (χ1) is 7.46. The Hall–Kier alpha value is -0.550. The van der Waals surface area contributed by atoms with Crippen molar-refractivity contribution in [3.63, 3.8) is 0 Å². The molecule has 1 fully saturated rings. The molecule has 0 aromatic heterocycles. The third-order valence-electron chi connectivity index (χ3n) is 3.09. The lowest BCUT2D eigenvalue weighted by Crippen LogP contribution is -2.44. The fourth-order valence-electron chi connectivity index (χ4n) is 2.11. The summed E-state index contributed by atoms with van der Waals surface area (Å²) in [5.74, 6) is 0. The molecule has 16 heavy (non-hydrogen) atoms. The van der Waals surface area contributed by atoms with Gasteiger partial charge in [0.25, 0.3) is 0 Å². The van der Waals surface area contributed by atoms with Crippen molar-refractivity contribution in [2.24, 2.45) is 0 Å². The van der Waals surface area contributed by atoms with Crippen molar-refractivity contribution in [2.75, 3.05) is 13.1 Å². The molecule has 2 rings (SSSR count). The molecule has 1 aliphatic rings.